The van der Waals surface area contributed by atoms with Crippen molar-refractivity contribution in [1.82, 2.24) is 0 Å². The SMILES string of the molecule is Cc1cc(C(=O)O)cc(C)c1OCc1cccc(F)c1Br. The lowest BCUT2D eigenvalue weighted by molar-refractivity contribution is 0.0696. The smallest absolute Gasteiger partial charge is 0.335 e. The molecule has 0 fully saturated rings. The minimum Gasteiger partial charge on any atom is -0.488 e. The first-order valence-corrected chi connectivity index (χ1v) is 7.09. The maximum atomic E-state index is 13.4. The van der Waals surface area contributed by atoms with Crippen molar-refractivity contribution in [3.8, 4) is 5.75 Å². The van der Waals surface area contributed by atoms with E-state index in [9.17, 15) is 9.18 Å². The lowest BCUT2D eigenvalue weighted by Gasteiger charge is -2.14. The van der Waals surface area contributed by atoms with E-state index >= 15 is 0 Å². The van der Waals surface area contributed by atoms with Crippen molar-refractivity contribution >= 4 is 21.9 Å². The normalized spacial score (nSPS) is 10.5. The third-order valence-corrected chi connectivity index (χ3v) is 4.00. The van der Waals surface area contributed by atoms with Crippen LogP contribution >= 0.6 is 15.9 Å². The van der Waals surface area contributed by atoms with Crippen LogP contribution in [-0.2, 0) is 6.61 Å². The van der Waals surface area contributed by atoms with Crippen LogP contribution in [0.15, 0.2) is 34.8 Å². The first-order chi connectivity index (χ1) is 9.90. The molecule has 0 saturated carbocycles. The number of aryl methyl sites for hydroxylation is 2. The second-order valence-corrected chi connectivity index (χ2v) is 5.54. The highest BCUT2D eigenvalue weighted by Gasteiger charge is 2.12. The van der Waals surface area contributed by atoms with E-state index in [1.807, 2.05) is 0 Å². The topological polar surface area (TPSA) is 46.5 Å². The van der Waals surface area contributed by atoms with Gasteiger partial charge in [0.05, 0.1) is 10.0 Å². The highest BCUT2D eigenvalue weighted by Crippen LogP contribution is 2.27. The van der Waals surface area contributed by atoms with Crippen molar-refractivity contribution in [2.75, 3.05) is 0 Å². The summed E-state index contributed by atoms with van der Waals surface area (Å²) in [6, 6.07) is 7.87. The Morgan fingerprint density at radius 2 is 1.90 bits per heavy atom. The Morgan fingerprint density at radius 3 is 2.48 bits per heavy atom. The van der Waals surface area contributed by atoms with E-state index in [4.69, 9.17) is 9.84 Å². The molecule has 3 nitrogen and oxygen atoms in total. The molecule has 110 valence electrons. The summed E-state index contributed by atoms with van der Waals surface area (Å²) in [6.07, 6.45) is 0. The van der Waals surface area contributed by atoms with E-state index in [2.05, 4.69) is 15.9 Å². The van der Waals surface area contributed by atoms with E-state index in [0.29, 0.717) is 15.8 Å². The second-order valence-electron chi connectivity index (χ2n) is 4.75. The number of hydrogen-bond acceptors (Lipinski definition) is 2. The fourth-order valence-corrected chi connectivity index (χ4v) is 2.49. The molecule has 0 unspecified atom stereocenters. The van der Waals surface area contributed by atoms with Gasteiger partial charge in [-0.15, -0.1) is 0 Å². The molecule has 0 spiro atoms. The van der Waals surface area contributed by atoms with Gasteiger partial charge in [-0.25, -0.2) is 9.18 Å². The Hall–Kier alpha value is -1.88. The van der Waals surface area contributed by atoms with E-state index in [0.717, 1.165) is 11.1 Å². The average Bonchev–Trinajstić information content (AvgIpc) is 2.42. The first-order valence-electron chi connectivity index (χ1n) is 6.30. The number of carboxylic acid groups (broad SMARTS) is 1. The Kier molecular flexibility index (Phi) is 4.63. The fourth-order valence-electron chi connectivity index (χ4n) is 2.11. The molecule has 1 N–H and O–H groups in total. The minimum absolute atomic E-state index is 0.201. The van der Waals surface area contributed by atoms with Gasteiger partial charge in [0, 0.05) is 5.56 Å². The molecule has 0 radical (unpaired) electrons. The largest absolute Gasteiger partial charge is 0.488 e. The second kappa shape index (κ2) is 6.26. The van der Waals surface area contributed by atoms with Crippen molar-refractivity contribution in [3.05, 3.63) is 62.9 Å². The third kappa shape index (κ3) is 3.42. The number of ether oxygens (including phenoxy) is 1. The predicted octanol–water partition coefficient (Wildman–Crippen LogP) is 4.48. The zero-order valence-corrected chi connectivity index (χ0v) is 13.2. The highest BCUT2D eigenvalue weighted by atomic mass is 79.9. The first kappa shape index (κ1) is 15.5. The van der Waals surface area contributed by atoms with E-state index in [-0.39, 0.29) is 18.0 Å². The fraction of sp³-hybridized carbons (Fsp3) is 0.188. The van der Waals surface area contributed by atoms with Crippen LogP contribution in [-0.4, -0.2) is 11.1 Å². The van der Waals surface area contributed by atoms with Gasteiger partial charge in [-0.2, -0.15) is 0 Å². The molecule has 2 aromatic carbocycles. The van der Waals surface area contributed by atoms with Crippen LogP contribution in [0.1, 0.15) is 27.0 Å². The van der Waals surface area contributed by atoms with Crippen molar-refractivity contribution in [2.45, 2.75) is 20.5 Å². The van der Waals surface area contributed by atoms with Crippen LogP contribution < -0.4 is 4.74 Å². The number of benzene rings is 2. The summed E-state index contributed by atoms with van der Waals surface area (Å²) in [6.45, 7) is 3.78. The van der Waals surface area contributed by atoms with Gasteiger partial charge in [0.15, 0.2) is 0 Å². The minimum atomic E-state index is -0.972. The number of halogens is 2. The van der Waals surface area contributed by atoms with Crippen LogP contribution in [0.2, 0.25) is 0 Å². The summed E-state index contributed by atoms with van der Waals surface area (Å²) < 4.78 is 19.5. The van der Waals surface area contributed by atoms with Gasteiger partial charge >= 0.3 is 5.97 Å². The summed E-state index contributed by atoms with van der Waals surface area (Å²) in [5, 5.41) is 9.01. The van der Waals surface area contributed by atoms with Crippen molar-refractivity contribution < 1.29 is 19.0 Å². The third-order valence-electron chi connectivity index (χ3n) is 3.11. The molecule has 0 aliphatic heterocycles. The number of hydrogen-bond donors (Lipinski definition) is 1. The summed E-state index contributed by atoms with van der Waals surface area (Å²) >= 11 is 3.19. The number of rotatable bonds is 4. The van der Waals surface area contributed by atoms with Gasteiger partial charge in [0.25, 0.3) is 0 Å². The summed E-state index contributed by atoms with van der Waals surface area (Å²) in [7, 11) is 0. The molecule has 0 amide bonds. The molecular weight excluding hydrogens is 339 g/mol. The van der Waals surface area contributed by atoms with Crippen molar-refractivity contribution in [1.29, 1.82) is 0 Å². The molecule has 0 bridgehead atoms. The summed E-state index contributed by atoms with van der Waals surface area (Å²) in [5.74, 6) is -0.692. The van der Waals surface area contributed by atoms with E-state index in [1.54, 1.807) is 38.1 Å². The molecule has 2 rings (SSSR count). The number of aromatic carboxylic acids is 1. The lowest BCUT2D eigenvalue weighted by Crippen LogP contribution is -2.03. The number of carbonyl (C=O) groups is 1. The molecule has 0 aliphatic rings. The maximum Gasteiger partial charge on any atom is 0.335 e. The van der Waals surface area contributed by atoms with Crippen LogP contribution in [0.3, 0.4) is 0 Å². The summed E-state index contributed by atoms with van der Waals surface area (Å²) in [4.78, 5) is 11.0. The van der Waals surface area contributed by atoms with Gasteiger partial charge in [0.1, 0.15) is 18.2 Å². The molecule has 0 heterocycles. The molecule has 2 aromatic rings. The predicted molar refractivity (Wildman–Crippen MR) is 81.3 cm³/mol. The molecule has 0 saturated heterocycles. The van der Waals surface area contributed by atoms with Crippen molar-refractivity contribution in [2.24, 2.45) is 0 Å². The lowest BCUT2D eigenvalue weighted by atomic mass is 10.1. The van der Waals surface area contributed by atoms with Gasteiger partial charge in [-0.1, -0.05) is 12.1 Å². The van der Waals surface area contributed by atoms with Crippen molar-refractivity contribution in [3.63, 3.8) is 0 Å². The van der Waals surface area contributed by atoms with Gasteiger partial charge in [-0.05, 0) is 59.1 Å². The van der Waals surface area contributed by atoms with Gasteiger partial charge in [-0.3, -0.25) is 0 Å². The average molecular weight is 353 g/mol. The van der Waals surface area contributed by atoms with Crippen LogP contribution in [0, 0.1) is 19.7 Å². The van der Waals surface area contributed by atoms with E-state index in [1.165, 1.54) is 6.07 Å². The molecule has 0 atom stereocenters. The van der Waals surface area contributed by atoms with Gasteiger partial charge in [0.2, 0.25) is 0 Å². The van der Waals surface area contributed by atoms with Crippen LogP contribution in [0.25, 0.3) is 0 Å². The number of carboxylic acids is 1. The van der Waals surface area contributed by atoms with Crippen LogP contribution in [0.4, 0.5) is 4.39 Å². The Balaban J connectivity index is 2.24. The summed E-state index contributed by atoms with van der Waals surface area (Å²) in [5.41, 5.74) is 2.39. The quantitative estimate of drug-likeness (QED) is 0.882. The Labute approximate surface area is 130 Å². The molecule has 5 heteroatoms. The Morgan fingerprint density at radius 1 is 1.29 bits per heavy atom. The molecule has 0 aromatic heterocycles. The monoisotopic (exact) mass is 352 g/mol. The maximum absolute atomic E-state index is 13.4. The zero-order valence-electron chi connectivity index (χ0n) is 11.6. The van der Waals surface area contributed by atoms with Crippen LogP contribution in [0.5, 0.6) is 5.75 Å². The highest BCUT2D eigenvalue weighted by molar-refractivity contribution is 9.10. The van der Waals surface area contributed by atoms with E-state index < -0.39 is 5.97 Å². The molecule has 21 heavy (non-hydrogen) atoms. The van der Waals surface area contributed by atoms with Gasteiger partial charge < -0.3 is 9.84 Å². The Bertz CT molecular complexity index is 675. The zero-order chi connectivity index (χ0) is 15.6. The molecule has 0 aliphatic carbocycles. The standard InChI is InChI=1S/C16H14BrFO3/c1-9-6-12(16(19)20)7-10(2)15(9)21-8-11-4-3-5-13(18)14(11)17/h3-7H,8H2,1-2H3,(H,19,20). The molecular formula is C16H14BrFO3.